The molecule has 0 saturated heterocycles. The fourth-order valence-electron chi connectivity index (χ4n) is 1.44. The van der Waals surface area contributed by atoms with Crippen LogP contribution in [0, 0.1) is 0 Å². The highest BCUT2D eigenvalue weighted by molar-refractivity contribution is 6.33. The molecule has 1 aromatic rings. The molecule has 0 saturated carbocycles. The molecule has 3 nitrogen and oxygen atoms in total. The molecular weight excluding hydrogens is 261 g/mol. The minimum absolute atomic E-state index is 0.0398. The van der Waals surface area contributed by atoms with Crippen molar-refractivity contribution in [1.82, 2.24) is 5.32 Å². The number of nitrogens with one attached hydrogen (secondary N) is 1. The number of benzene rings is 1. The summed E-state index contributed by atoms with van der Waals surface area (Å²) in [6.45, 7) is 1.92. The summed E-state index contributed by atoms with van der Waals surface area (Å²) >= 11 is 12.0. The van der Waals surface area contributed by atoms with Gasteiger partial charge in [0, 0.05) is 37.4 Å². The van der Waals surface area contributed by atoms with Crippen LogP contribution in [-0.4, -0.2) is 33.5 Å². The summed E-state index contributed by atoms with van der Waals surface area (Å²) in [5.74, 6) is 0. The first-order valence-electron chi connectivity index (χ1n) is 5.33. The summed E-state index contributed by atoms with van der Waals surface area (Å²) in [7, 11) is 3.32. The van der Waals surface area contributed by atoms with Crippen LogP contribution in [0.5, 0.6) is 0 Å². The number of methoxy groups -OCH3 is 2. The first-order chi connectivity index (χ1) is 8.17. The Labute approximate surface area is 112 Å². The summed E-state index contributed by atoms with van der Waals surface area (Å²) in [6.07, 6.45) is 0.0398. The van der Waals surface area contributed by atoms with Crippen LogP contribution in [0.4, 0.5) is 0 Å². The lowest BCUT2D eigenvalue weighted by Crippen LogP contribution is -2.31. The monoisotopic (exact) mass is 277 g/mol. The highest BCUT2D eigenvalue weighted by Gasteiger charge is 2.07. The normalized spacial score (nSPS) is 12.7. The second kappa shape index (κ2) is 7.90. The molecule has 1 rings (SSSR count). The number of rotatable bonds is 7. The molecule has 0 aliphatic heterocycles. The minimum Gasteiger partial charge on any atom is -0.382 e. The third kappa shape index (κ3) is 5.23. The third-order valence-corrected chi connectivity index (χ3v) is 2.98. The molecule has 0 aromatic heterocycles. The van der Waals surface area contributed by atoms with Crippen molar-refractivity contribution in [2.45, 2.75) is 12.6 Å². The Morgan fingerprint density at radius 2 is 2.06 bits per heavy atom. The van der Waals surface area contributed by atoms with E-state index in [1.165, 1.54) is 0 Å². The molecule has 1 N–H and O–H groups in total. The highest BCUT2D eigenvalue weighted by atomic mass is 35.5. The summed E-state index contributed by atoms with van der Waals surface area (Å²) < 4.78 is 10.3. The van der Waals surface area contributed by atoms with Gasteiger partial charge in [-0.3, -0.25) is 0 Å². The van der Waals surface area contributed by atoms with E-state index < -0.39 is 0 Å². The van der Waals surface area contributed by atoms with E-state index in [2.05, 4.69) is 5.32 Å². The van der Waals surface area contributed by atoms with E-state index in [1.54, 1.807) is 26.4 Å². The Morgan fingerprint density at radius 3 is 2.71 bits per heavy atom. The molecular formula is C12H17Cl2NO2. The summed E-state index contributed by atoms with van der Waals surface area (Å²) in [5, 5.41) is 4.65. The number of halogens is 2. The maximum atomic E-state index is 6.05. The Kier molecular flexibility index (Phi) is 6.85. The van der Waals surface area contributed by atoms with Crippen LogP contribution in [0.25, 0.3) is 0 Å². The lowest BCUT2D eigenvalue weighted by molar-refractivity contribution is 0.0288. The standard InChI is InChI=1S/C12H17Cl2NO2/c1-16-8-11(17-2)7-15-6-9-5-10(13)3-4-12(9)14/h3-5,11,15H,6-8H2,1-2H3. The van der Waals surface area contributed by atoms with E-state index in [0.717, 1.165) is 5.56 Å². The fraction of sp³-hybridized carbons (Fsp3) is 0.500. The first-order valence-corrected chi connectivity index (χ1v) is 6.09. The average Bonchev–Trinajstić information content (AvgIpc) is 2.32. The molecule has 0 aliphatic carbocycles. The van der Waals surface area contributed by atoms with Crippen molar-refractivity contribution in [3.63, 3.8) is 0 Å². The van der Waals surface area contributed by atoms with E-state index in [-0.39, 0.29) is 6.10 Å². The van der Waals surface area contributed by atoms with E-state index in [1.807, 2.05) is 6.07 Å². The molecule has 1 unspecified atom stereocenters. The smallest absolute Gasteiger partial charge is 0.0928 e. The second-order valence-electron chi connectivity index (χ2n) is 3.68. The van der Waals surface area contributed by atoms with Gasteiger partial charge >= 0.3 is 0 Å². The topological polar surface area (TPSA) is 30.5 Å². The predicted octanol–water partition coefficient (Wildman–Crippen LogP) is 2.74. The first kappa shape index (κ1) is 14.7. The van der Waals surface area contributed by atoms with Crippen LogP contribution >= 0.6 is 23.2 Å². The quantitative estimate of drug-likeness (QED) is 0.832. The van der Waals surface area contributed by atoms with Crippen molar-refractivity contribution in [2.75, 3.05) is 27.4 Å². The van der Waals surface area contributed by atoms with Gasteiger partial charge in [0.1, 0.15) is 0 Å². The van der Waals surface area contributed by atoms with E-state index >= 15 is 0 Å². The van der Waals surface area contributed by atoms with Gasteiger partial charge in [-0.25, -0.2) is 0 Å². The van der Waals surface area contributed by atoms with E-state index in [9.17, 15) is 0 Å². The highest BCUT2D eigenvalue weighted by Crippen LogP contribution is 2.20. The molecule has 0 radical (unpaired) electrons. The molecule has 0 bridgehead atoms. The molecule has 1 aromatic carbocycles. The van der Waals surface area contributed by atoms with Crippen molar-refractivity contribution in [3.05, 3.63) is 33.8 Å². The molecule has 0 fully saturated rings. The van der Waals surface area contributed by atoms with Crippen molar-refractivity contribution in [1.29, 1.82) is 0 Å². The Morgan fingerprint density at radius 1 is 1.29 bits per heavy atom. The SMILES string of the molecule is COCC(CNCc1cc(Cl)ccc1Cl)OC. The molecule has 96 valence electrons. The van der Waals surface area contributed by atoms with Gasteiger partial charge in [-0.05, 0) is 23.8 Å². The Hall–Kier alpha value is -0.320. The third-order valence-electron chi connectivity index (χ3n) is 2.38. The van der Waals surface area contributed by atoms with Gasteiger partial charge in [0.15, 0.2) is 0 Å². The number of ether oxygens (including phenoxy) is 2. The van der Waals surface area contributed by atoms with Crippen LogP contribution in [0.1, 0.15) is 5.56 Å². The lowest BCUT2D eigenvalue weighted by atomic mass is 10.2. The van der Waals surface area contributed by atoms with Crippen LogP contribution in [0.15, 0.2) is 18.2 Å². The lowest BCUT2D eigenvalue weighted by Gasteiger charge is -2.15. The maximum Gasteiger partial charge on any atom is 0.0928 e. The summed E-state index contributed by atoms with van der Waals surface area (Å²) in [6, 6.07) is 5.43. The second-order valence-corrected chi connectivity index (χ2v) is 4.52. The van der Waals surface area contributed by atoms with Crippen molar-refractivity contribution >= 4 is 23.2 Å². The van der Waals surface area contributed by atoms with Gasteiger partial charge in [-0.15, -0.1) is 0 Å². The van der Waals surface area contributed by atoms with Gasteiger partial charge in [0.2, 0.25) is 0 Å². The van der Waals surface area contributed by atoms with E-state index in [0.29, 0.717) is 29.7 Å². The zero-order valence-corrected chi connectivity index (χ0v) is 11.5. The Balaban J connectivity index is 2.42. The number of hydrogen-bond acceptors (Lipinski definition) is 3. The van der Waals surface area contributed by atoms with Crippen LogP contribution in [-0.2, 0) is 16.0 Å². The van der Waals surface area contributed by atoms with Crippen molar-refractivity contribution in [2.24, 2.45) is 0 Å². The van der Waals surface area contributed by atoms with Crippen molar-refractivity contribution < 1.29 is 9.47 Å². The van der Waals surface area contributed by atoms with Gasteiger partial charge in [-0.2, -0.15) is 0 Å². The van der Waals surface area contributed by atoms with Crippen LogP contribution in [0.3, 0.4) is 0 Å². The molecule has 0 heterocycles. The molecule has 0 aliphatic rings. The van der Waals surface area contributed by atoms with Gasteiger partial charge < -0.3 is 14.8 Å². The largest absolute Gasteiger partial charge is 0.382 e. The van der Waals surface area contributed by atoms with Crippen LogP contribution in [0.2, 0.25) is 10.0 Å². The molecule has 0 amide bonds. The zero-order valence-electron chi connectivity index (χ0n) is 10.0. The Bertz CT molecular complexity index is 347. The molecule has 5 heteroatoms. The maximum absolute atomic E-state index is 6.05. The number of hydrogen-bond donors (Lipinski definition) is 1. The zero-order chi connectivity index (χ0) is 12.7. The molecule has 1 atom stereocenters. The summed E-state index contributed by atoms with van der Waals surface area (Å²) in [4.78, 5) is 0. The summed E-state index contributed by atoms with van der Waals surface area (Å²) in [5.41, 5.74) is 0.978. The van der Waals surface area contributed by atoms with Crippen LogP contribution < -0.4 is 5.32 Å². The minimum atomic E-state index is 0.0398. The average molecular weight is 278 g/mol. The fourth-order valence-corrected chi connectivity index (χ4v) is 1.82. The van der Waals surface area contributed by atoms with E-state index in [4.69, 9.17) is 32.7 Å². The molecule has 0 spiro atoms. The van der Waals surface area contributed by atoms with Gasteiger partial charge in [0.05, 0.1) is 12.7 Å². The van der Waals surface area contributed by atoms with Gasteiger partial charge in [-0.1, -0.05) is 23.2 Å². The van der Waals surface area contributed by atoms with Gasteiger partial charge in [0.25, 0.3) is 0 Å². The predicted molar refractivity (Wildman–Crippen MR) is 70.8 cm³/mol. The molecule has 17 heavy (non-hydrogen) atoms. The van der Waals surface area contributed by atoms with Crippen molar-refractivity contribution in [3.8, 4) is 0 Å².